The molecule has 2 nitrogen and oxygen atoms in total. The van der Waals surface area contributed by atoms with Crippen LogP contribution in [0.5, 0.6) is 0 Å². The first-order valence-corrected chi connectivity index (χ1v) is 10.0. The third-order valence-electron chi connectivity index (χ3n) is 3.92. The molecule has 1 aromatic heterocycles. The van der Waals surface area contributed by atoms with Gasteiger partial charge < -0.3 is 4.90 Å². The molecule has 0 unspecified atom stereocenters. The van der Waals surface area contributed by atoms with E-state index in [0.29, 0.717) is 0 Å². The summed E-state index contributed by atoms with van der Waals surface area (Å²) in [6.45, 7) is 0. The Kier molecular flexibility index (Phi) is 4.08. The zero-order chi connectivity index (χ0) is 15.6. The number of aromatic nitrogens is 1. The van der Waals surface area contributed by atoms with Crippen LogP contribution in [-0.4, -0.2) is 30.4 Å². The molecule has 0 N–H and O–H groups in total. The number of benzene rings is 2. The van der Waals surface area contributed by atoms with Crippen LogP contribution in [0.2, 0.25) is 0 Å². The standard InChI is InChI=1S/C19H22N2S/c1-21(15-22(2,3)17-11-5-4-6-12-17)18-13-7-9-16-10-8-14-20-19(16)18/h4-14H,15H2,1-3H3. The van der Waals surface area contributed by atoms with E-state index in [1.807, 2.05) is 12.3 Å². The first-order valence-electron chi connectivity index (χ1n) is 7.39. The lowest BCUT2D eigenvalue weighted by Gasteiger charge is -2.37. The summed E-state index contributed by atoms with van der Waals surface area (Å²) in [5.74, 6) is 1.02. The van der Waals surface area contributed by atoms with Crippen molar-refractivity contribution in [3.8, 4) is 0 Å². The highest BCUT2D eigenvalue weighted by Gasteiger charge is 2.18. The zero-order valence-electron chi connectivity index (χ0n) is 13.4. The molecule has 0 saturated heterocycles. The summed E-state index contributed by atoms with van der Waals surface area (Å²) in [7, 11) is 1.29. The second kappa shape index (κ2) is 6.01. The smallest absolute Gasteiger partial charge is 0.0935 e. The van der Waals surface area contributed by atoms with Crippen LogP contribution in [0.25, 0.3) is 10.9 Å². The summed E-state index contributed by atoms with van der Waals surface area (Å²) < 4.78 is 0. The Morgan fingerprint density at radius 3 is 2.41 bits per heavy atom. The lowest BCUT2D eigenvalue weighted by Crippen LogP contribution is -2.23. The second-order valence-electron chi connectivity index (χ2n) is 6.03. The highest BCUT2D eigenvalue weighted by atomic mass is 32.3. The Morgan fingerprint density at radius 1 is 0.909 bits per heavy atom. The predicted molar refractivity (Wildman–Crippen MR) is 99.2 cm³/mol. The van der Waals surface area contributed by atoms with Gasteiger partial charge >= 0.3 is 0 Å². The van der Waals surface area contributed by atoms with Crippen LogP contribution in [0.1, 0.15) is 0 Å². The first kappa shape index (κ1) is 14.9. The fraction of sp³-hybridized carbons (Fsp3) is 0.211. The summed E-state index contributed by atoms with van der Waals surface area (Å²) in [5.41, 5.74) is 2.28. The van der Waals surface area contributed by atoms with E-state index in [1.165, 1.54) is 16.0 Å². The lowest BCUT2D eigenvalue weighted by molar-refractivity contribution is 1.09. The van der Waals surface area contributed by atoms with Gasteiger partial charge in [-0.3, -0.25) is 4.98 Å². The molecule has 3 aromatic rings. The van der Waals surface area contributed by atoms with Gasteiger partial charge in [0.25, 0.3) is 0 Å². The minimum Gasteiger partial charge on any atom is -0.365 e. The number of hydrogen-bond acceptors (Lipinski definition) is 2. The highest BCUT2D eigenvalue weighted by molar-refractivity contribution is 8.32. The van der Waals surface area contributed by atoms with Crippen LogP contribution in [0.15, 0.2) is 71.8 Å². The number of pyridine rings is 1. The topological polar surface area (TPSA) is 16.1 Å². The van der Waals surface area contributed by atoms with Crippen LogP contribution in [0.3, 0.4) is 0 Å². The van der Waals surface area contributed by atoms with E-state index in [-0.39, 0.29) is 0 Å². The quantitative estimate of drug-likeness (QED) is 0.691. The van der Waals surface area contributed by atoms with Gasteiger partial charge in [-0.1, -0.05) is 48.5 Å². The number of rotatable bonds is 4. The van der Waals surface area contributed by atoms with Crippen molar-refractivity contribution in [2.45, 2.75) is 4.90 Å². The molecule has 3 heteroatoms. The molecule has 0 bridgehead atoms. The van der Waals surface area contributed by atoms with E-state index in [0.717, 1.165) is 11.4 Å². The lowest BCUT2D eigenvalue weighted by atomic mass is 10.2. The average molecular weight is 310 g/mol. The Hall–Kier alpha value is -2.00. The van der Waals surface area contributed by atoms with Crippen molar-refractivity contribution in [3.63, 3.8) is 0 Å². The molecular weight excluding hydrogens is 288 g/mol. The molecule has 3 rings (SSSR count). The summed E-state index contributed by atoms with van der Waals surface area (Å²) >= 11 is 0. The summed E-state index contributed by atoms with van der Waals surface area (Å²) in [5, 5.41) is 1.19. The molecule has 22 heavy (non-hydrogen) atoms. The highest BCUT2D eigenvalue weighted by Crippen LogP contribution is 2.49. The van der Waals surface area contributed by atoms with Gasteiger partial charge in [0, 0.05) is 18.6 Å². The van der Waals surface area contributed by atoms with Crippen molar-refractivity contribution in [2.75, 3.05) is 30.3 Å². The third-order valence-corrected chi connectivity index (χ3v) is 6.50. The number of nitrogens with zero attached hydrogens (tertiary/aromatic N) is 2. The zero-order valence-corrected chi connectivity index (χ0v) is 14.2. The monoisotopic (exact) mass is 310 g/mol. The molecule has 0 atom stereocenters. The van der Waals surface area contributed by atoms with E-state index in [1.54, 1.807) is 0 Å². The van der Waals surface area contributed by atoms with Gasteiger partial charge in [-0.15, -0.1) is 0 Å². The molecule has 0 aliphatic heterocycles. The van der Waals surface area contributed by atoms with Crippen LogP contribution < -0.4 is 4.90 Å². The SMILES string of the molecule is CN(CS(C)(C)c1ccccc1)c1cccc2cccnc12. The Labute approximate surface area is 134 Å². The van der Waals surface area contributed by atoms with Crippen molar-refractivity contribution in [3.05, 3.63) is 66.9 Å². The van der Waals surface area contributed by atoms with Gasteiger partial charge in [-0.25, -0.2) is 10.0 Å². The van der Waals surface area contributed by atoms with Gasteiger partial charge in [0.1, 0.15) is 0 Å². The number of anilines is 1. The van der Waals surface area contributed by atoms with Crippen molar-refractivity contribution in [2.24, 2.45) is 0 Å². The van der Waals surface area contributed by atoms with Gasteiger partial charge in [0.15, 0.2) is 0 Å². The van der Waals surface area contributed by atoms with Crippen molar-refractivity contribution in [1.29, 1.82) is 0 Å². The van der Waals surface area contributed by atoms with E-state index < -0.39 is 10.0 Å². The van der Waals surface area contributed by atoms with Crippen LogP contribution in [0, 0.1) is 0 Å². The van der Waals surface area contributed by atoms with Gasteiger partial charge in [0.2, 0.25) is 0 Å². The number of fused-ring (bicyclic) bond motifs is 1. The molecule has 1 heterocycles. The molecule has 0 aliphatic rings. The predicted octanol–water partition coefficient (Wildman–Crippen LogP) is 4.75. The average Bonchev–Trinajstić information content (AvgIpc) is 2.54. The maximum atomic E-state index is 4.57. The van der Waals surface area contributed by atoms with E-state index in [9.17, 15) is 0 Å². The van der Waals surface area contributed by atoms with Crippen LogP contribution in [-0.2, 0) is 0 Å². The van der Waals surface area contributed by atoms with E-state index in [4.69, 9.17) is 0 Å². The minimum absolute atomic E-state index is 0.878. The van der Waals surface area contributed by atoms with Crippen LogP contribution in [0.4, 0.5) is 5.69 Å². The summed E-state index contributed by atoms with van der Waals surface area (Å²) in [4.78, 5) is 8.36. The molecule has 0 fully saturated rings. The minimum atomic E-state index is -0.878. The Bertz CT molecular complexity index is 763. The number of hydrogen-bond donors (Lipinski definition) is 0. The van der Waals surface area contributed by atoms with E-state index >= 15 is 0 Å². The Balaban J connectivity index is 1.92. The summed E-state index contributed by atoms with van der Waals surface area (Å²) in [6, 6.07) is 21.3. The largest absolute Gasteiger partial charge is 0.365 e. The normalized spacial score (nSPS) is 12.3. The number of para-hydroxylation sites is 1. The van der Waals surface area contributed by atoms with E-state index in [2.05, 4.69) is 84.0 Å². The van der Waals surface area contributed by atoms with Gasteiger partial charge in [-0.2, -0.15) is 0 Å². The third kappa shape index (κ3) is 2.95. The molecule has 0 radical (unpaired) electrons. The molecule has 2 aromatic carbocycles. The molecule has 0 saturated carbocycles. The fourth-order valence-electron chi connectivity index (χ4n) is 2.81. The summed E-state index contributed by atoms with van der Waals surface area (Å²) in [6.07, 6.45) is 6.61. The molecule has 0 aliphatic carbocycles. The van der Waals surface area contributed by atoms with Crippen molar-refractivity contribution in [1.82, 2.24) is 4.98 Å². The van der Waals surface area contributed by atoms with Crippen molar-refractivity contribution < 1.29 is 0 Å². The fourth-order valence-corrected chi connectivity index (χ4v) is 4.96. The van der Waals surface area contributed by atoms with Crippen LogP contribution >= 0.6 is 10.0 Å². The molecule has 0 amide bonds. The first-order chi connectivity index (χ1) is 10.6. The molecular formula is C19H22N2S. The molecule has 0 spiro atoms. The second-order valence-corrected chi connectivity index (χ2v) is 9.84. The molecule has 114 valence electrons. The van der Waals surface area contributed by atoms with Crippen molar-refractivity contribution >= 4 is 26.6 Å². The maximum absolute atomic E-state index is 4.57. The van der Waals surface area contributed by atoms with Gasteiger partial charge in [0.05, 0.1) is 17.1 Å². The Morgan fingerprint density at radius 2 is 1.64 bits per heavy atom. The maximum Gasteiger partial charge on any atom is 0.0935 e. The van der Waals surface area contributed by atoms with Gasteiger partial charge in [-0.05, 0) is 29.5 Å².